The van der Waals surface area contributed by atoms with E-state index in [9.17, 15) is 9.90 Å². The number of benzene rings is 1. The summed E-state index contributed by atoms with van der Waals surface area (Å²) in [5.74, 6) is -1.72. The average Bonchev–Trinajstić information content (AvgIpc) is 3.11. The highest BCUT2D eigenvalue weighted by Gasteiger charge is 2.26. The van der Waals surface area contributed by atoms with Gasteiger partial charge in [-0.1, -0.05) is 6.07 Å². The van der Waals surface area contributed by atoms with Crippen molar-refractivity contribution < 1.29 is 9.90 Å². The van der Waals surface area contributed by atoms with Gasteiger partial charge in [0.15, 0.2) is 0 Å². The fraction of sp³-hybridized carbons (Fsp3) is 0.312. The number of likely N-dealkylation sites (N-methyl/N-ethyl adjacent to an activating group) is 1. The highest BCUT2D eigenvalue weighted by molar-refractivity contribution is 7.05. The minimum absolute atomic E-state index is 0.107. The van der Waals surface area contributed by atoms with E-state index in [0.29, 0.717) is 10.6 Å². The van der Waals surface area contributed by atoms with E-state index >= 15 is 0 Å². The van der Waals surface area contributed by atoms with E-state index in [0.717, 1.165) is 35.4 Å². The number of aliphatic carboxylic acids is 1. The van der Waals surface area contributed by atoms with Crippen molar-refractivity contribution in [2.45, 2.75) is 12.3 Å². The molecule has 0 aliphatic heterocycles. The third-order valence-corrected chi connectivity index (χ3v) is 4.70. The van der Waals surface area contributed by atoms with Gasteiger partial charge in [-0.15, -0.1) is 0 Å². The first-order valence-electron chi connectivity index (χ1n) is 7.52. The van der Waals surface area contributed by atoms with Crippen LogP contribution < -0.4 is 5.73 Å². The molecular formula is C16H19N5O2S. The number of H-pyrrole nitrogens is 1. The Labute approximate surface area is 143 Å². The fourth-order valence-electron chi connectivity index (χ4n) is 2.68. The van der Waals surface area contributed by atoms with Gasteiger partial charge in [-0.2, -0.15) is 4.37 Å². The van der Waals surface area contributed by atoms with E-state index < -0.39 is 11.9 Å². The monoisotopic (exact) mass is 345 g/mol. The molecule has 1 unspecified atom stereocenters. The number of fused-ring (bicyclic) bond motifs is 1. The molecule has 2 heterocycles. The van der Waals surface area contributed by atoms with Gasteiger partial charge < -0.3 is 20.7 Å². The van der Waals surface area contributed by atoms with Gasteiger partial charge in [0.25, 0.3) is 0 Å². The zero-order valence-corrected chi connectivity index (χ0v) is 14.3. The number of hydrogen-bond acceptors (Lipinski definition) is 6. The minimum atomic E-state index is -0.962. The predicted octanol–water partition coefficient (Wildman–Crippen LogP) is 1.92. The zero-order chi connectivity index (χ0) is 17.3. The van der Waals surface area contributed by atoms with Crippen LogP contribution in [0.25, 0.3) is 10.9 Å². The Kier molecular flexibility index (Phi) is 4.50. The summed E-state index contributed by atoms with van der Waals surface area (Å²) in [6.45, 7) is 0.923. The lowest BCUT2D eigenvalue weighted by Gasteiger charge is -2.11. The number of hydrogen-bond donors (Lipinski definition) is 3. The van der Waals surface area contributed by atoms with Gasteiger partial charge in [0, 0.05) is 23.6 Å². The van der Waals surface area contributed by atoms with Crippen molar-refractivity contribution in [2.24, 2.45) is 0 Å². The lowest BCUT2D eigenvalue weighted by atomic mass is 9.97. The summed E-state index contributed by atoms with van der Waals surface area (Å²) in [5.41, 5.74) is 8.39. The van der Waals surface area contributed by atoms with Crippen LogP contribution in [0.3, 0.4) is 0 Å². The van der Waals surface area contributed by atoms with Crippen LogP contribution >= 0.6 is 11.5 Å². The highest BCUT2D eigenvalue weighted by Crippen LogP contribution is 2.30. The molecule has 0 radical (unpaired) electrons. The Morgan fingerprint density at radius 1 is 1.46 bits per heavy atom. The Bertz CT molecular complexity index is 870. The van der Waals surface area contributed by atoms with Crippen molar-refractivity contribution in [3.63, 3.8) is 0 Å². The predicted molar refractivity (Wildman–Crippen MR) is 94.4 cm³/mol. The lowest BCUT2D eigenvalue weighted by molar-refractivity contribution is -0.137. The van der Waals surface area contributed by atoms with Gasteiger partial charge in [0.05, 0.1) is 0 Å². The van der Waals surface area contributed by atoms with Crippen LogP contribution in [0.5, 0.6) is 0 Å². The molecule has 0 fully saturated rings. The maximum Gasteiger partial charge on any atom is 0.318 e. The molecule has 0 bridgehead atoms. The highest BCUT2D eigenvalue weighted by atomic mass is 32.1. The van der Waals surface area contributed by atoms with Crippen LogP contribution in [0, 0.1) is 0 Å². The number of nitrogen functional groups attached to an aromatic ring is 1. The second-order valence-electron chi connectivity index (χ2n) is 5.93. The first kappa shape index (κ1) is 16.4. The second-order valence-corrected chi connectivity index (χ2v) is 6.72. The number of carbonyl (C=O) groups is 1. The molecule has 0 aliphatic carbocycles. The van der Waals surface area contributed by atoms with Gasteiger partial charge in [0.1, 0.15) is 10.9 Å². The van der Waals surface area contributed by atoms with E-state index in [-0.39, 0.29) is 5.95 Å². The molecule has 0 spiro atoms. The van der Waals surface area contributed by atoms with Crippen molar-refractivity contribution >= 4 is 34.4 Å². The number of anilines is 1. The lowest BCUT2D eigenvalue weighted by Crippen LogP contribution is -2.15. The van der Waals surface area contributed by atoms with Crippen LogP contribution in [0.4, 0.5) is 5.95 Å². The third-order valence-electron chi connectivity index (χ3n) is 3.90. The maximum atomic E-state index is 11.8. The molecule has 126 valence electrons. The third kappa shape index (κ3) is 3.24. The molecule has 0 saturated heterocycles. The molecule has 0 aliphatic rings. The number of rotatable bonds is 6. The van der Waals surface area contributed by atoms with Crippen molar-refractivity contribution in [3.05, 3.63) is 40.5 Å². The normalized spacial score (nSPS) is 12.8. The fourth-order valence-corrected chi connectivity index (χ4v) is 3.39. The molecule has 0 amide bonds. The van der Waals surface area contributed by atoms with Crippen LogP contribution in [-0.4, -0.2) is 51.0 Å². The number of carboxylic acids is 1. The summed E-state index contributed by atoms with van der Waals surface area (Å²) in [6.07, 6.45) is 2.87. The molecule has 1 atom stereocenters. The average molecular weight is 345 g/mol. The largest absolute Gasteiger partial charge is 0.480 e. The van der Waals surface area contributed by atoms with Crippen LogP contribution in [-0.2, 0) is 11.2 Å². The minimum Gasteiger partial charge on any atom is -0.480 e. The zero-order valence-electron chi connectivity index (χ0n) is 13.5. The van der Waals surface area contributed by atoms with Crippen molar-refractivity contribution in [3.8, 4) is 0 Å². The number of aromatic nitrogens is 3. The van der Waals surface area contributed by atoms with Gasteiger partial charge in [-0.3, -0.25) is 4.79 Å². The SMILES string of the molecule is CN(C)CCc1c[nH]c2ccc(C(C(=O)O)c3nc(N)ns3)cc12. The van der Waals surface area contributed by atoms with Gasteiger partial charge in [-0.25, -0.2) is 4.98 Å². The standard InChI is InChI=1S/C16H19N5O2S/c1-21(2)6-5-10-8-18-12-4-3-9(7-11(10)12)13(15(22)23)14-19-16(17)20-24-14/h3-4,7-8,13,18H,5-6H2,1-2H3,(H2,17,20)(H,22,23). The van der Waals surface area contributed by atoms with Crippen molar-refractivity contribution in [2.75, 3.05) is 26.4 Å². The van der Waals surface area contributed by atoms with E-state index in [4.69, 9.17) is 5.73 Å². The smallest absolute Gasteiger partial charge is 0.318 e. The van der Waals surface area contributed by atoms with Gasteiger partial charge in [0.2, 0.25) is 5.95 Å². The number of nitrogens with one attached hydrogen (secondary N) is 1. The van der Waals surface area contributed by atoms with E-state index in [2.05, 4.69) is 19.2 Å². The summed E-state index contributed by atoms with van der Waals surface area (Å²) in [7, 11) is 4.06. The first-order chi connectivity index (χ1) is 11.5. The molecular weight excluding hydrogens is 326 g/mol. The van der Waals surface area contributed by atoms with Crippen LogP contribution in [0.15, 0.2) is 24.4 Å². The number of aromatic amines is 1. The molecule has 4 N–H and O–H groups in total. The number of nitrogens with two attached hydrogens (primary N) is 1. The Balaban J connectivity index is 2.01. The Hall–Kier alpha value is -2.45. The van der Waals surface area contributed by atoms with E-state index in [1.807, 2.05) is 38.5 Å². The Morgan fingerprint density at radius 3 is 2.88 bits per heavy atom. The molecule has 7 nitrogen and oxygen atoms in total. The topological polar surface area (TPSA) is 108 Å². The first-order valence-corrected chi connectivity index (χ1v) is 8.29. The summed E-state index contributed by atoms with van der Waals surface area (Å²) in [4.78, 5) is 21.2. The molecule has 24 heavy (non-hydrogen) atoms. The number of carboxylic acid groups (broad SMARTS) is 1. The molecule has 8 heteroatoms. The molecule has 2 aromatic heterocycles. The van der Waals surface area contributed by atoms with E-state index in [1.165, 1.54) is 5.56 Å². The quantitative estimate of drug-likeness (QED) is 0.630. The summed E-state index contributed by atoms with van der Waals surface area (Å²) in [6, 6.07) is 5.64. The van der Waals surface area contributed by atoms with Crippen molar-refractivity contribution in [1.29, 1.82) is 0 Å². The molecule has 3 aromatic rings. The van der Waals surface area contributed by atoms with Crippen LogP contribution in [0.1, 0.15) is 22.1 Å². The summed E-state index contributed by atoms with van der Waals surface area (Å²) >= 11 is 1.03. The van der Waals surface area contributed by atoms with Crippen LogP contribution in [0.2, 0.25) is 0 Å². The maximum absolute atomic E-state index is 11.8. The summed E-state index contributed by atoms with van der Waals surface area (Å²) in [5, 5.41) is 11.1. The van der Waals surface area contributed by atoms with Crippen molar-refractivity contribution in [1.82, 2.24) is 19.2 Å². The molecule has 0 saturated carbocycles. The summed E-state index contributed by atoms with van der Waals surface area (Å²) < 4.78 is 3.90. The van der Waals surface area contributed by atoms with E-state index in [1.54, 1.807) is 0 Å². The molecule has 3 rings (SSSR count). The second kappa shape index (κ2) is 6.58. The Morgan fingerprint density at radius 2 is 2.25 bits per heavy atom. The van der Waals surface area contributed by atoms with Gasteiger partial charge in [-0.05, 0) is 55.3 Å². The van der Waals surface area contributed by atoms with Gasteiger partial charge >= 0.3 is 5.97 Å². The number of nitrogens with zero attached hydrogens (tertiary/aromatic N) is 3. The molecule has 1 aromatic carbocycles.